The van der Waals surface area contributed by atoms with Crippen LogP contribution in [0.3, 0.4) is 0 Å². The number of rotatable bonds is 53. The molecule has 2 N–H and O–H groups in total. The Bertz CT molecular complexity index is 1680. The lowest BCUT2D eigenvalue weighted by molar-refractivity contribution is -0.870. The Hall–Kier alpha value is -3.36. The van der Waals surface area contributed by atoms with E-state index in [1.165, 1.54) is 70.6 Å². The molecule has 9 heteroatoms. The van der Waals surface area contributed by atoms with E-state index in [-0.39, 0.29) is 19.1 Å². The largest absolute Gasteiger partial charge is 0.756 e. The lowest BCUT2D eigenvalue weighted by Crippen LogP contribution is -2.46. The Labute approximate surface area is 462 Å². The summed E-state index contributed by atoms with van der Waals surface area (Å²) in [5.74, 6) is -0.189. The summed E-state index contributed by atoms with van der Waals surface area (Å²) in [7, 11) is 1.27. The van der Waals surface area contributed by atoms with Crippen LogP contribution in [0.2, 0.25) is 0 Å². The Morgan fingerprint density at radius 3 is 1.19 bits per heavy atom. The van der Waals surface area contributed by atoms with Gasteiger partial charge >= 0.3 is 0 Å². The lowest BCUT2D eigenvalue weighted by atomic mass is 10.0. The maximum Gasteiger partial charge on any atom is 0.268 e. The van der Waals surface area contributed by atoms with Crippen LogP contribution in [0.15, 0.2) is 134 Å². The van der Waals surface area contributed by atoms with Crippen LogP contribution in [0.5, 0.6) is 0 Å². The minimum atomic E-state index is -4.59. The van der Waals surface area contributed by atoms with Crippen LogP contribution in [-0.4, -0.2) is 68.5 Å². The molecule has 0 aromatic heterocycles. The molecule has 3 atom stereocenters. The fourth-order valence-electron chi connectivity index (χ4n) is 7.99. The summed E-state index contributed by atoms with van der Waals surface area (Å²) in [6.45, 7) is 4.58. The standard InChI is InChI=1S/C66H113N2O6P/c1-6-8-10-12-14-16-18-20-22-23-24-25-26-27-28-29-30-31-32-33-34-35-36-37-38-39-40-41-42-43-44-45-46-48-50-52-54-56-58-60-66(70)67-64(63-74-75(71,72)73-62-61-68(3,4)5)65(69)59-57-55-53-51-49-47-21-19-17-15-13-11-9-7-2/h8,10,14,16,20,22,24-25,27-28,30-31,33-34,36-37,39-40,42-43,45-46,64-65,69H,6-7,9,11-13,15,17-19,21,23,26,29,32,35,38,41,44,47-63H2,1-5H3,(H-,67,70,71,72)/b10-8-,16-14-,22-20-,25-24-,28-27-,31-30-,34-33-,37-36-,40-39-,43-42-,46-45-. The van der Waals surface area contributed by atoms with Crippen molar-refractivity contribution in [3.05, 3.63) is 134 Å². The van der Waals surface area contributed by atoms with Crippen molar-refractivity contribution in [1.82, 2.24) is 5.32 Å². The van der Waals surface area contributed by atoms with E-state index in [1.54, 1.807) is 0 Å². The first-order chi connectivity index (χ1) is 36.5. The molecule has 0 rings (SSSR count). The number of phosphoric ester groups is 1. The van der Waals surface area contributed by atoms with Gasteiger partial charge in [0.2, 0.25) is 5.91 Å². The number of quaternary nitrogens is 1. The second-order valence-corrected chi connectivity index (χ2v) is 22.4. The van der Waals surface area contributed by atoms with Gasteiger partial charge < -0.3 is 28.8 Å². The monoisotopic (exact) mass is 1060 g/mol. The highest BCUT2D eigenvalue weighted by atomic mass is 31.2. The van der Waals surface area contributed by atoms with Crippen molar-refractivity contribution in [3.63, 3.8) is 0 Å². The van der Waals surface area contributed by atoms with Gasteiger partial charge in [0.05, 0.1) is 39.9 Å². The number of nitrogens with one attached hydrogen (secondary N) is 1. The molecule has 0 bridgehead atoms. The second kappa shape index (κ2) is 55.4. The van der Waals surface area contributed by atoms with E-state index in [1.807, 2.05) is 21.1 Å². The van der Waals surface area contributed by atoms with Crippen molar-refractivity contribution in [3.8, 4) is 0 Å². The average molecular weight is 1060 g/mol. The number of nitrogens with zero attached hydrogens (tertiary/aromatic N) is 1. The zero-order valence-electron chi connectivity index (χ0n) is 48.7. The van der Waals surface area contributed by atoms with Crippen molar-refractivity contribution < 1.29 is 32.9 Å². The highest BCUT2D eigenvalue weighted by molar-refractivity contribution is 7.45. The highest BCUT2D eigenvalue weighted by Gasteiger charge is 2.24. The first-order valence-corrected chi connectivity index (χ1v) is 31.5. The van der Waals surface area contributed by atoms with Crippen LogP contribution < -0.4 is 10.2 Å². The zero-order chi connectivity index (χ0) is 54.9. The van der Waals surface area contributed by atoms with E-state index < -0.39 is 20.0 Å². The molecule has 0 aliphatic rings. The molecule has 0 aliphatic carbocycles. The summed E-state index contributed by atoms with van der Waals surface area (Å²) in [5.41, 5.74) is 0. The van der Waals surface area contributed by atoms with Gasteiger partial charge in [-0.15, -0.1) is 0 Å². The number of allylic oxidation sites excluding steroid dienone is 22. The minimum Gasteiger partial charge on any atom is -0.756 e. The average Bonchev–Trinajstić information content (AvgIpc) is 3.37. The molecule has 0 aromatic rings. The molecular weight excluding hydrogens is 948 g/mol. The van der Waals surface area contributed by atoms with Crippen molar-refractivity contribution in [1.29, 1.82) is 0 Å². The number of carbonyl (C=O) groups excluding carboxylic acids is 1. The zero-order valence-corrected chi connectivity index (χ0v) is 49.6. The molecular formula is C66H113N2O6P. The molecule has 0 spiro atoms. The predicted octanol–water partition coefficient (Wildman–Crippen LogP) is 18.1. The quantitative estimate of drug-likeness (QED) is 0.0272. The predicted molar refractivity (Wildman–Crippen MR) is 325 cm³/mol. The van der Waals surface area contributed by atoms with Crippen LogP contribution in [0.4, 0.5) is 0 Å². The molecule has 0 aromatic carbocycles. The molecule has 0 saturated carbocycles. The molecule has 3 unspecified atom stereocenters. The molecule has 0 saturated heterocycles. The lowest BCUT2D eigenvalue weighted by Gasteiger charge is -2.30. The molecule has 0 fully saturated rings. The molecule has 0 heterocycles. The summed E-state index contributed by atoms with van der Waals surface area (Å²) in [6.07, 6.45) is 83.5. The van der Waals surface area contributed by atoms with Gasteiger partial charge in [-0.2, -0.15) is 0 Å². The van der Waals surface area contributed by atoms with Gasteiger partial charge in [0.1, 0.15) is 13.2 Å². The number of hydrogen-bond donors (Lipinski definition) is 2. The van der Waals surface area contributed by atoms with Crippen LogP contribution >= 0.6 is 7.82 Å². The van der Waals surface area contributed by atoms with E-state index in [4.69, 9.17) is 9.05 Å². The normalized spacial score (nSPS) is 14.8. The number of phosphoric acid groups is 1. The van der Waals surface area contributed by atoms with Gasteiger partial charge in [-0.1, -0.05) is 257 Å². The highest BCUT2D eigenvalue weighted by Crippen LogP contribution is 2.38. The van der Waals surface area contributed by atoms with Gasteiger partial charge in [-0.25, -0.2) is 0 Å². The third-order valence-electron chi connectivity index (χ3n) is 12.7. The smallest absolute Gasteiger partial charge is 0.268 e. The van der Waals surface area contributed by atoms with Crippen molar-refractivity contribution >= 4 is 13.7 Å². The van der Waals surface area contributed by atoms with E-state index in [2.05, 4.69) is 153 Å². The Morgan fingerprint density at radius 2 is 0.813 bits per heavy atom. The fourth-order valence-corrected chi connectivity index (χ4v) is 8.71. The number of aliphatic hydroxyl groups excluding tert-OH is 1. The van der Waals surface area contributed by atoms with Gasteiger partial charge in [0.15, 0.2) is 0 Å². The summed E-state index contributed by atoms with van der Waals surface area (Å²) in [6, 6.07) is -0.820. The topological polar surface area (TPSA) is 108 Å². The maximum absolute atomic E-state index is 13.0. The van der Waals surface area contributed by atoms with Gasteiger partial charge in [-0.05, 0) is 96.3 Å². The van der Waals surface area contributed by atoms with Gasteiger partial charge in [-0.3, -0.25) is 9.36 Å². The molecule has 75 heavy (non-hydrogen) atoms. The van der Waals surface area contributed by atoms with Crippen molar-refractivity contribution in [2.45, 2.75) is 238 Å². The number of carbonyl (C=O) groups is 1. The van der Waals surface area contributed by atoms with E-state index in [9.17, 15) is 19.4 Å². The fraction of sp³-hybridized carbons (Fsp3) is 0.652. The van der Waals surface area contributed by atoms with E-state index in [0.717, 1.165) is 128 Å². The molecule has 428 valence electrons. The first-order valence-electron chi connectivity index (χ1n) is 30.0. The van der Waals surface area contributed by atoms with Gasteiger partial charge in [0, 0.05) is 6.42 Å². The molecule has 0 radical (unpaired) electrons. The Kier molecular flexibility index (Phi) is 52.9. The van der Waals surface area contributed by atoms with Gasteiger partial charge in [0.25, 0.3) is 7.82 Å². The summed E-state index contributed by atoms with van der Waals surface area (Å²) >= 11 is 0. The Morgan fingerprint density at radius 1 is 0.480 bits per heavy atom. The number of amides is 1. The van der Waals surface area contributed by atoms with Crippen molar-refractivity contribution in [2.24, 2.45) is 0 Å². The maximum atomic E-state index is 13.0. The number of likely N-dealkylation sites (N-methyl/N-ethyl adjacent to an activating group) is 1. The third-order valence-corrected chi connectivity index (χ3v) is 13.6. The van der Waals surface area contributed by atoms with Crippen LogP contribution in [0.25, 0.3) is 0 Å². The van der Waals surface area contributed by atoms with Crippen LogP contribution in [0.1, 0.15) is 226 Å². The number of unbranched alkanes of at least 4 members (excludes halogenated alkanes) is 18. The molecule has 8 nitrogen and oxygen atoms in total. The second-order valence-electron chi connectivity index (χ2n) is 21.0. The third kappa shape index (κ3) is 58.2. The summed E-state index contributed by atoms with van der Waals surface area (Å²) < 4.78 is 23.4. The first kappa shape index (κ1) is 71.6. The number of aliphatic hydroxyl groups is 1. The van der Waals surface area contributed by atoms with E-state index >= 15 is 0 Å². The summed E-state index contributed by atoms with van der Waals surface area (Å²) in [4.78, 5) is 25.5. The molecule has 0 aliphatic heterocycles. The van der Waals surface area contributed by atoms with E-state index in [0.29, 0.717) is 23.9 Å². The number of hydrogen-bond acceptors (Lipinski definition) is 6. The Balaban J connectivity index is 4.17. The summed E-state index contributed by atoms with van der Waals surface area (Å²) in [5, 5.41) is 14.0. The van der Waals surface area contributed by atoms with Crippen LogP contribution in [0, 0.1) is 0 Å². The minimum absolute atomic E-state index is 0.00133. The van der Waals surface area contributed by atoms with Crippen molar-refractivity contribution in [2.75, 3.05) is 40.9 Å². The SMILES string of the molecule is CC/C=C\C/C=C\C/C=C\C/C=C\C/C=C\C/C=C\C/C=C\C/C=C\C/C=C\C/C=C\C/C=C\CCCCCCCC(=O)NC(COP(=O)([O-])OCC[N+](C)(C)C)C(O)CCCCCCCCCCCCCCCC. The van der Waals surface area contributed by atoms with Crippen LogP contribution in [-0.2, 0) is 18.4 Å². The molecule has 1 amide bonds.